The van der Waals surface area contributed by atoms with Gasteiger partial charge in [-0.25, -0.2) is 0 Å². The Balaban J connectivity index is 1.46. The van der Waals surface area contributed by atoms with E-state index in [0.29, 0.717) is 13.2 Å². The zero-order valence-electron chi connectivity index (χ0n) is 19.2. The van der Waals surface area contributed by atoms with Crippen LogP contribution >= 0.6 is 0 Å². The second kappa shape index (κ2) is 10.0. The van der Waals surface area contributed by atoms with Gasteiger partial charge >= 0.3 is 0 Å². The largest absolute Gasteiger partial charge is 0.395 e. The summed E-state index contributed by atoms with van der Waals surface area (Å²) in [6, 6.07) is 20.7. The molecule has 4 heteroatoms. The number of fused-ring (bicyclic) bond motifs is 1. The summed E-state index contributed by atoms with van der Waals surface area (Å²) in [6.45, 7) is 5.48. The minimum atomic E-state index is -0.777. The number of hydrogen-bond donors (Lipinski definition) is 2. The number of aliphatic hydroxyl groups is 1. The van der Waals surface area contributed by atoms with Crippen molar-refractivity contribution in [2.75, 3.05) is 19.8 Å². The molecule has 1 fully saturated rings. The van der Waals surface area contributed by atoms with Crippen molar-refractivity contribution in [2.24, 2.45) is 23.2 Å². The van der Waals surface area contributed by atoms with Crippen LogP contribution in [0.1, 0.15) is 31.4 Å². The molecule has 0 saturated carbocycles. The molecule has 32 heavy (non-hydrogen) atoms. The number of hydrogen-bond acceptors (Lipinski definition) is 3. The lowest BCUT2D eigenvalue weighted by atomic mass is 9.56. The van der Waals surface area contributed by atoms with Crippen molar-refractivity contribution in [2.45, 2.75) is 39.2 Å². The minimum absolute atomic E-state index is 0.00387. The lowest BCUT2D eigenvalue weighted by Gasteiger charge is -2.45. The number of nitrogens with one attached hydrogen (secondary N) is 1. The molecule has 1 saturated heterocycles. The Hall–Kier alpha value is -2.43. The quantitative estimate of drug-likeness (QED) is 0.461. The third-order valence-electron chi connectivity index (χ3n) is 7.66. The molecule has 1 aliphatic heterocycles. The summed E-state index contributed by atoms with van der Waals surface area (Å²) in [6.07, 6.45) is 4.63. The van der Waals surface area contributed by atoms with Gasteiger partial charge in [-0.2, -0.15) is 0 Å². The number of carbonyl (C=O) groups excluding carboxylic acids is 1. The molecular weight excluding hydrogens is 398 g/mol. The fourth-order valence-electron chi connectivity index (χ4n) is 5.84. The molecule has 4 nitrogen and oxygen atoms in total. The molecule has 2 aliphatic rings. The van der Waals surface area contributed by atoms with E-state index in [0.717, 1.165) is 19.3 Å². The average molecular weight is 434 g/mol. The second-order valence-corrected chi connectivity index (χ2v) is 9.44. The minimum Gasteiger partial charge on any atom is -0.395 e. The molecule has 0 bridgehead atoms. The number of rotatable bonds is 9. The highest BCUT2D eigenvalue weighted by Gasteiger charge is 2.61. The Morgan fingerprint density at radius 1 is 1.00 bits per heavy atom. The second-order valence-electron chi connectivity index (χ2n) is 9.44. The van der Waals surface area contributed by atoms with Gasteiger partial charge in [0.1, 0.15) is 0 Å². The lowest BCUT2D eigenvalue weighted by molar-refractivity contribution is -0.136. The number of amides is 1. The molecule has 0 unspecified atom stereocenters. The monoisotopic (exact) mass is 433 g/mol. The Morgan fingerprint density at radius 3 is 2.31 bits per heavy atom. The summed E-state index contributed by atoms with van der Waals surface area (Å²) in [7, 11) is 0. The van der Waals surface area contributed by atoms with Crippen LogP contribution in [0.5, 0.6) is 0 Å². The fourth-order valence-corrected chi connectivity index (χ4v) is 5.84. The third-order valence-corrected chi connectivity index (χ3v) is 7.66. The van der Waals surface area contributed by atoms with E-state index in [9.17, 15) is 9.90 Å². The Kier molecular flexibility index (Phi) is 7.12. The standard InChI is InChI=1S/C28H35NO3/c1-20-17-24(14-16-32-15-13-22-9-5-3-6-10-22)28(19-30)26(21(20)2)25(29-27(28)31)18-23-11-7-4-8-12-23/h3-12,17,21,24-26,30H,13-16,18-19H2,1-2H3,(H,29,31)/t21-,24+,25+,26+,28+/m1/s1. The number of carbonyl (C=O) groups is 1. The maximum atomic E-state index is 13.4. The first-order valence-corrected chi connectivity index (χ1v) is 11.8. The van der Waals surface area contributed by atoms with Crippen LogP contribution < -0.4 is 5.32 Å². The third kappa shape index (κ3) is 4.39. The maximum absolute atomic E-state index is 13.4. The van der Waals surface area contributed by atoms with Crippen LogP contribution in [-0.2, 0) is 22.4 Å². The van der Waals surface area contributed by atoms with Gasteiger partial charge in [-0.05, 0) is 49.1 Å². The molecule has 1 amide bonds. The van der Waals surface area contributed by atoms with Crippen LogP contribution in [0.4, 0.5) is 0 Å². The average Bonchev–Trinajstić information content (AvgIpc) is 3.10. The van der Waals surface area contributed by atoms with Crippen LogP contribution in [0, 0.1) is 23.2 Å². The molecule has 170 valence electrons. The molecule has 4 rings (SSSR count). The van der Waals surface area contributed by atoms with Gasteiger partial charge in [0, 0.05) is 18.6 Å². The zero-order valence-corrected chi connectivity index (χ0v) is 19.2. The summed E-state index contributed by atoms with van der Waals surface area (Å²) >= 11 is 0. The van der Waals surface area contributed by atoms with Crippen molar-refractivity contribution in [3.63, 3.8) is 0 Å². The summed E-state index contributed by atoms with van der Waals surface area (Å²) in [5.41, 5.74) is 3.01. The van der Waals surface area contributed by atoms with Crippen LogP contribution in [0.2, 0.25) is 0 Å². The summed E-state index contributed by atoms with van der Waals surface area (Å²) in [5.74, 6) is 0.284. The molecule has 2 aromatic rings. The van der Waals surface area contributed by atoms with Crippen molar-refractivity contribution in [1.29, 1.82) is 0 Å². The summed E-state index contributed by atoms with van der Waals surface area (Å²) in [4.78, 5) is 13.4. The van der Waals surface area contributed by atoms with E-state index >= 15 is 0 Å². The van der Waals surface area contributed by atoms with Gasteiger partial charge in [-0.15, -0.1) is 0 Å². The first-order valence-electron chi connectivity index (χ1n) is 11.8. The van der Waals surface area contributed by atoms with E-state index in [1.54, 1.807) is 0 Å². The Labute approximate surface area is 191 Å². The molecule has 0 aromatic heterocycles. The first kappa shape index (κ1) is 22.8. The lowest BCUT2D eigenvalue weighted by Crippen LogP contribution is -2.50. The van der Waals surface area contributed by atoms with E-state index < -0.39 is 5.41 Å². The predicted octanol–water partition coefficient (Wildman–Crippen LogP) is 4.18. The molecule has 2 N–H and O–H groups in total. The summed E-state index contributed by atoms with van der Waals surface area (Å²) in [5, 5.41) is 13.9. The molecule has 0 radical (unpaired) electrons. The Bertz CT molecular complexity index is 926. The van der Waals surface area contributed by atoms with E-state index in [1.165, 1.54) is 16.7 Å². The van der Waals surface area contributed by atoms with Gasteiger partial charge in [0.05, 0.1) is 18.6 Å². The van der Waals surface area contributed by atoms with Gasteiger partial charge in [0.2, 0.25) is 5.91 Å². The van der Waals surface area contributed by atoms with E-state index in [1.807, 2.05) is 36.4 Å². The molecule has 5 atom stereocenters. The van der Waals surface area contributed by atoms with E-state index in [4.69, 9.17) is 4.74 Å². The van der Waals surface area contributed by atoms with Gasteiger partial charge in [-0.3, -0.25) is 4.79 Å². The topological polar surface area (TPSA) is 58.6 Å². The predicted molar refractivity (Wildman–Crippen MR) is 127 cm³/mol. The molecule has 0 spiro atoms. The van der Waals surface area contributed by atoms with Crippen LogP contribution in [0.15, 0.2) is 72.3 Å². The normalized spacial score (nSPS) is 29.3. The van der Waals surface area contributed by atoms with Crippen molar-refractivity contribution in [1.82, 2.24) is 5.32 Å². The van der Waals surface area contributed by atoms with Gasteiger partial charge in [0.25, 0.3) is 0 Å². The van der Waals surface area contributed by atoms with Crippen molar-refractivity contribution in [3.8, 4) is 0 Å². The van der Waals surface area contributed by atoms with Gasteiger partial charge in [0.15, 0.2) is 0 Å². The highest BCUT2D eigenvalue weighted by atomic mass is 16.5. The zero-order chi connectivity index (χ0) is 22.6. The fraction of sp³-hybridized carbons (Fsp3) is 0.464. The van der Waals surface area contributed by atoms with Crippen LogP contribution in [0.3, 0.4) is 0 Å². The number of aliphatic hydroxyl groups excluding tert-OH is 1. The number of benzene rings is 2. The molecule has 1 aliphatic carbocycles. The molecular formula is C28H35NO3. The van der Waals surface area contributed by atoms with Crippen molar-refractivity contribution >= 4 is 5.91 Å². The smallest absolute Gasteiger partial charge is 0.229 e. The summed E-state index contributed by atoms with van der Waals surface area (Å²) < 4.78 is 5.96. The first-order chi connectivity index (χ1) is 15.6. The number of ether oxygens (including phenoxy) is 1. The van der Waals surface area contributed by atoms with Crippen molar-refractivity contribution in [3.05, 3.63) is 83.4 Å². The van der Waals surface area contributed by atoms with Crippen LogP contribution in [0.25, 0.3) is 0 Å². The van der Waals surface area contributed by atoms with Gasteiger partial charge < -0.3 is 15.2 Å². The highest BCUT2D eigenvalue weighted by molar-refractivity contribution is 5.87. The van der Waals surface area contributed by atoms with Crippen LogP contribution in [-0.4, -0.2) is 36.9 Å². The Morgan fingerprint density at radius 2 is 1.66 bits per heavy atom. The van der Waals surface area contributed by atoms with Gasteiger partial charge in [-0.1, -0.05) is 79.2 Å². The van der Waals surface area contributed by atoms with Crippen molar-refractivity contribution < 1.29 is 14.6 Å². The SMILES string of the molecule is CC1=C[C@H](CCOCCc2ccccc2)[C@]2(CO)C(=O)N[C@@H](Cc3ccccc3)[C@@H]2[C@@H]1C. The number of allylic oxidation sites excluding steroid dienone is 2. The maximum Gasteiger partial charge on any atom is 0.229 e. The van der Waals surface area contributed by atoms with E-state index in [-0.39, 0.29) is 36.3 Å². The molecule has 2 aromatic carbocycles. The highest BCUT2D eigenvalue weighted by Crippen LogP contribution is 2.53. The molecule has 1 heterocycles. The van der Waals surface area contributed by atoms with E-state index in [2.05, 4.69) is 49.5 Å².